The van der Waals surface area contributed by atoms with Crippen molar-refractivity contribution in [3.05, 3.63) is 29.8 Å². The molecule has 1 aliphatic rings. The highest BCUT2D eigenvalue weighted by atomic mass is 35.5. The maximum Gasteiger partial charge on any atom is 0.239 e. The van der Waals surface area contributed by atoms with Crippen molar-refractivity contribution in [3.63, 3.8) is 0 Å². The van der Waals surface area contributed by atoms with Crippen molar-refractivity contribution in [2.45, 2.75) is 45.7 Å². The van der Waals surface area contributed by atoms with E-state index in [0.717, 1.165) is 18.7 Å². The number of hydrogen-bond donors (Lipinski definition) is 3. The van der Waals surface area contributed by atoms with Gasteiger partial charge in [-0.05, 0) is 43.4 Å². The van der Waals surface area contributed by atoms with Gasteiger partial charge < -0.3 is 21.3 Å². The van der Waals surface area contributed by atoms with Gasteiger partial charge in [-0.1, -0.05) is 26.0 Å². The van der Waals surface area contributed by atoms with E-state index in [2.05, 4.69) is 27.7 Å². The molecule has 0 radical (unpaired) electrons. The second kappa shape index (κ2) is 12.1. The van der Waals surface area contributed by atoms with Gasteiger partial charge in [0.2, 0.25) is 11.8 Å². The SMILES string of the molecule is CC(NC(=O)CNC(=O)[C@@H](N)C(C)C)c1cccc(N2CCCC2)c1.Cl.Cl. The van der Waals surface area contributed by atoms with Crippen molar-refractivity contribution in [1.82, 2.24) is 10.6 Å². The summed E-state index contributed by atoms with van der Waals surface area (Å²) in [5, 5.41) is 5.52. The molecule has 1 aromatic carbocycles. The van der Waals surface area contributed by atoms with Crippen molar-refractivity contribution < 1.29 is 9.59 Å². The highest BCUT2D eigenvalue weighted by molar-refractivity contribution is 5.87. The van der Waals surface area contributed by atoms with E-state index in [4.69, 9.17) is 5.73 Å². The molecule has 1 aromatic rings. The topological polar surface area (TPSA) is 87.5 Å². The number of nitrogens with one attached hydrogen (secondary N) is 2. The Balaban J connectivity index is 0.00000338. The van der Waals surface area contributed by atoms with E-state index >= 15 is 0 Å². The molecule has 0 bridgehead atoms. The van der Waals surface area contributed by atoms with Crippen LogP contribution in [-0.4, -0.2) is 37.5 Å². The molecule has 2 atom stereocenters. The molecule has 0 spiro atoms. The first-order valence-corrected chi connectivity index (χ1v) is 9.06. The van der Waals surface area contributed by atoms with Gasteiger partial charge in [-0.15, -0.1) is 24.8 Å². The van der Waals surface area contributed by atoms with Gasteiger partial charge in [0, 0.05) is 18.8 Å². The van der Waals surface area contributed by atoms with Crippen LogP contribution in [0.5, 0.6) is 0 Å². The highest BCUT2D eigenvalue weighted by Gasteiger charge is 2.19. The lowest BCUT2D eigenvalue weighted by atomic mass is 10.1. The van der Waals surface area contributed by atoms with Crippen LogP contribution in [-0.2, 0) is 9.59 Å². The molecule has 154 valence electrons. The molecule has 6 nitrogen and oxygen atoms in total. The van der Waals surface area contributed by atoms with Crippen molar-refractivity contribution >= 4 is 42.3 Å². The Hall–Kier alpha value is -1.50. The number of nitrogens with zero attached hydrogens (tertiary/aromatic N) is 1. The van der Waals surface area contributed by atoms with E-state index in [0.29, 0.717) is 0 Å². The summed E-state index contributed by atoms with van der Waals surface area (Å²) in [6.07, 6.45) is 2.46. The fourth-order valence-electron chi connectivity index (χ4n) is 2.93. The smallest absolute Gasteiger partial charge is 0.239 e. The number of nitrogens with two attached hydrogens (primary N) is 1. The van der Waals surface area contributed by atoms with Gasteiger partial charge in [0.1, 0.15) is 0 Å². The van der Waals surface area contributed by atoms with Crippen LogP contribution in [0.1, 0.15) is 45.2 Å². The molecule has 1 saturated heterocycles. The molecule has 1 heterocycles. The molecule has 0 aromatic heterocycles. The average molecular weight is 419 g/mol. The lowest BCUT2D eigenvalue weighted by Gasteiger charge is -2.21. The molecule has 2 amide bonds. The van der Waals surface area contributed by atoms with Gasteiger partial charge in [-0.3, -0.25) is 9.59 Å². The number of benzene rings is 1. The third kappa shape index (κ3) is 7.56. The summed E-state index contributed by atoms with van der Waals surface area (Å²) < 4.78 is 0. The Labute approximate surface area is 174 Å². The second-order valence-corrected chi connectivity index (χ2v) is 7.07. The minimum atomic E-state index is -0.595. The summed E-state index contributed by atoms with van der Waals surface area (Å²) in [4.78, 5) is 26.3. The molecule has 0 saturated carbocycles. The van der Waals surface area contributed by atoms with Crippen LogP contribution < -0.4 is 21.3 Å². The third-order valence-electron chi connectivity index (χ3n) is 4.66. The van der Waals surface area contributed by atoms with Crippen molar-refractivity contribution in [2.24, 2.45) is 11.7 Å². The lowest BCUT2D eigenvalue weighted by molar-refractivity contribution is -0.127. The van der Waals surface area contributed by atoms with Gasteiger partial charge in [0.15, 0.2) is 0 Å². The molecule has 8 heteroatoms. The standard InChI is InChI=1S/C19H30N4O2.2ClH/c1-13(2)18(20)19(25)21-12-17(24)22-14(3)15-7-6-8-16(11-15)23-9-4-5-10-23;;/h6-8,11,13-14,18H,4-5,9-10,12,20H2,1-3H3,(H,21,25)(H,22,24);2*1H/t14?,18-;;/m0../s1. The average Bonchev–Trinajstić information content (AvgIpc) is 3.13. The number of rotatable bonds is 7. The van der Waals surface area contributed by atoms with Crippen LogP contribution in [0.15, 0.2) is 24.3 Å². The van der Waals surface area contributed by atoms with E-state index in [9.17, 15) is 9.59 Å². The zero-order valence-corrected chi connectivity index (χ0v) is 17.9. The summed E-state index contributed by atoms with van der Waals surface area (Å²) in [6, 6.07) is 7.56. The van der Waals surface area contributed by atoms with Crippen molar-refractivity contribution in [2.75, 3.05) is 24.5 Å². The maximum absolute atomic E-state index is 12.1. The summed E-state index contributed by atoms with van der Waals surface area (Å²) in [7, 11) is 0. The van der Waals surface area contributed by atoms with Gasteiger partial charge >= 0.3 is 0 Å². The Morgan fingerprint density at radius 2 is 1.78 bits per heavy atom. The van der Waals surface area contributed by atoms with E-state index in [1.165, 1.54) is 18.5 Å². The van der Waals surface area contributed by atoms with Crippen LogP contribution in [0.2, 0.25) is 0 Å². The number of hydrogen-bond acceptors (Lipinski definition) is 4. The predicted octanol–water partition coefficient (Wildman–Crippen LogP) is 2.41. The fourth-order valence-corrected chi connectivity index (χ4v) is 2.93. The van der Waals surface area contributed by atoms with E-state index in [1.54, 1.807) is 0 Å². The number of halogens is 2. The van der Waals surface area contributed by atoms with Gasteiger partial charge in [0.05, 0.1) is 18.6 Å². The molecule has 1 unspecified atom stereocenters. The molecular weight excluding hydrogens is 387 g/mol. The van der Waals surface area contributed by atoms with Crippen molar-refractivity contribution in [3.8, 4) is 0 Å². The number of amides is 2. The van der Waals surface area contributed by atoms with E-state index in [1.807, 2.05) is 32.9 Å². The highest BCUT2D eigenvalue weighted by Crippen LogP contribution is 2.23. The summed E-state index contributed by atoms with van der Waals surface area (Å²) in [6.45, 7) is 7.82. The molecule has 0 aliphatic carbocycles. The Morgan fingerprint density at radius 3 is 2.37 bits per heavy atom. The molecular formula is C19H32Cl2N4O2. The normalized spacial score (nSPS) is 15.4. The molecule has 2 rings (SSSR count). The molecule has 1 fully saturated rings. The second-order valence-electron chi connectivity index (χ2n) is 7.07. The molecule has 4 N–H and O–H groups in total. The monoisotopic (exact) mass is 418 g/mol. The number of carbonyl (C=O) groups excluding carboxylic acids is 2. The first-order valence-electron chi connectivity index (χ1n) is 9.06. The lowest BCUT2D eigenvalue weighted by Crippen LogP contribution is -2.47. The van der Waals surface area contributed by atoms with E-state index in [-0.39, 0.29) is 55.1 Å². The summed E-state index contributed by atoms with van der Waals surface area (Å²) >= 11 is 0. The predicted molar refractivity (Wildman–Crippen MR) is 115 cm³/mol. The Bertz CT molecular complexity index is 607. The minimum absolute atomic E-state index is 0. The van der Waals surface area contributed by atoms with Crippen LogP contribution in [0.3, 0.4) is 0 Å². The quantitative estimate of drug-likeness (QED) is 0.634. The van der Waals surface area contributed by atoms with Crippen LogP contribution in [0, 0.1) is 5.92 Å². The van der Waals surface area contributed by atoms with Crippen molar-refractivity contribution in [1.29, 1.82) is 0 Å². The fraction of sp³-hybridized carbons (Fsp3) is 0.579. The molecule has 1 aliphatic heterocycles. The van der Waals surface area contributed by atoms with Crippen LogP contribution >= 0.6 is 24.8 Å². The first kappa shape index (κ1) is 25.5. The molecule has 27 heavy (non-hydrogen) atoms. The van der Waals surface area contributed by atoms with E-state index < -0.39 is 6.04 Å². The third-order valence-corrected chi connectivity index (χ3v) is 4.66. The Kier molecular flexibility index (Phi) is 11.4. The van der Waals surface area contributed by atoms with Gasteiger partial charge in [-0.25, -0.2) is 0 Å². The first-order chi connectivity index (χ1) is 11.9. The maximum atomic E-state index is 12.1. The Morgan fingerprint density at radius 1 is 1.15 bits per heavy atom. The zero-order valence-electron chi connectivity index (χ0n) is 16.2. The zero-order chi connectivity index (χ0) is 18.4. The summed E-state index contributed by atoms with van der Waals surface area (Å²) in [5.41, 5.74) is 8.03. The van der Waals surface area contributed by atoms with Gasteiger partial charge in [-0.2, -0.15) is 0 Å². The number of carbonyl (C=O) groups is 2. The number of anilines is 1. The largest absolute Gasteiger partial charge is 0.372 e. The van der Waals surface area contributed by atoms with Crippen LogP contribution in [0.25, 0.3) is 0 Å². The minimum Gasteiger partial charge on any atom is -0.372 e. The summed E-state index contributed by atoms with van der Waals surface area (Å²) in [5.74, 6) is -0.479. The van der Waals surface area contributed by atoms with Gasteiger partial charge in [0.25, 0.3) is 0 Å². The van der Waals surface area contributed by atoms with Crippen LogP contribution in [0.4, 0.5) is 5.69 Å².